The third-order valence-electron chi connectivity index (χ3n) is 4.17. The first-order valence-electron chi connectivity index (χ1n) is 8.37. The molecule has 8 nitrogen and oxygen atoms in total. The predicted molar refractivity (Wildman–Crippen MR) is 93.3 cm³/mol. The van der Waals surface area contributed by atoms with Crippen LogP contribution in [0.15, 0.2) is 25.7 Å². The molecule has 1 aliphatic rings. The summed E-state index contributed by atoms with van der Waals surface area (Å²) in [5, 5.41) is 0. The molecule has 1 aliphatic carbocycles. The van der Waals surface area contributed by atoms with Gasteiger partial charge in [-0.05, 0) is 26.7 Å². The maximum Gasteiger partial charge on any atom is 0.314 e. The van der Waals surface area contributed by atoms with Crippen molar-refractivity contribution < 1.29 is 41.0 Å². The summed E-state index contributed by atoms with van der Waals surface area (Å²) in [6.45, 7) is 10.1. The highest BCUT2D eigenvalue weighted by Gasteiger charge is 2.50. The average Bonchev–Trinajstić information content (AvgIpc) is 2.61. The van der Waals surface area contributed by atoms with E-state index in [9.17, 15) is 19.2 Å². The zero-order valence-corrected chi connectivity index (χ0v) is 15.0. The molecule has 1 fully saturated rings. The van der Waals surface area contributed by atoms with Gasteiger partial charge in [-0.3, -0.25) is 19.2 Å². The molecule has 0 heterocycles. The van der Waals surface area contributed by atoms with Crippen molar-refractivity contribution >= 4 is 23.9 Å². The molecule has 4 unspecified atom stereocenters. The van der Waals surface area contributed by atoms with E-state index in [1.807, 2.05) is 0 Å². The Morgan fingerprint density at radius 3 is 1.35 bits per heavy atom. The quantitative estimate of drug-likeness (QED) is 0.363. The van der Waals surface area contributed by atoms with Crippen LogP contribution >= 0.6 is 0 Å². The second-order valence-corrected chi connectivity index (χ2v) is 5.61. The number of esters is 4. The highest BCUT2D eigenvalue weighted by Crippen LogP contribution is 2.41. The van der Waals surface area contributed by atoms with Gasteiger partial charge in [-0.25, -0.2) is 0 Å². The lowest BCUT2D eigenvalue weighted by atomic mass is 9.68. The number of ether oxygens (including phenoxy) is 4. The second-order valence-electron chi connectivity index (χ2n) is 5.61. The number of rotatable bonds is 8. The first-order chi connectivity index (χ1) is 12.4. The highest BCUT2D eigenvalue weighted by molar-refractivity contribution is 5.88. The normalized spacial score (nSPS) is 24.7. The molecule has 8 heteroatoms. The lowest BCUT2D eigenvalue weighted by Gasteiger charge is -2.36. The summed E-state index contributed by atoms with van der Waals surface area (Å²) in [5.41, 5.74) is 0. The van der Waals surface area contributed by atoms with Crippen molar-refractivity contribution in [2.75, 3.05) is 13.2 Å². The standard InChI is InChI=1S/C18H24O8.2H2/c1-5-23-15(19)11-9-13(17(21)25-7-3)14(18(22)26-8-4)10-12(11)16(20)24-6-2;;/h5-6,11-14H,1-2,7-10H2,3-4H3;2*1H. The summed E-state index contributed by atoms with van der Waals surface area (Å²) in [6, 6.07) is 0. The molecule has 148 valence electrons. The van der Waals surface area contributed by atoms with E-state index in [4.69, 9.17) is 18.9 Å². The molecule has 4 atom stereocenters. The molecule has 1 rings (SSSR count). The number of hydrogen-bond donors (Lipinski definition) is 0. The van der Waals surface area contributed by atoms with Gasteiger partial charge in [0.25, 0.3) is 0 Å². The number of carbonyl (C=O) groups is 4. The van der Waals surface area contributed by atoms with E-state index in [1.165, 1.54) is 0 Å². The van der Waals surface area contributed by atoms with Crippen molar-refractivity contribution in [3.05, 3.63) is 25.7 Å². The van der Waals surface area contributed by atoms with Crippen molar-refractivity contribution in [2.24, 2.45) is 23.7 Å². The van der Waals surface area contributed by atoms with Crippen molar-refractivity contribution in [1.29, 1.82) is 0 Å². The lowest BCUT2D eigenvalue weighted by molar-refractivity contribution is -0.172. The van der Waals surface area contributed by atoms with Gasteiger partial charge in [0.2, 0.25) is 0 Å². The Morgan fingerprint density at radius 1 is 0.769 bits per heavy atom. The van der Waals surface area contributed by atoms with E-state index in [-0.39, 0.29) is 28.9 Å². The Kier molecular flexibility index (Phi) is 8.54. The summed E-state index contributed by atoms with van der Waals surface area (Å²) >= 11 is 0. The molecule has 0 aromatic heterocycles. The minimum absolute atomic E-state index is 0. The fourth-order valence-electron chi connectivity index (χ4n) is 3.08. The molecule has 0 spiro atoms. The molecule has 0 amide bonds. The third-order valence-corrected chi connectivity index (χ3v) is 4.17. The topological polar surface area (TPSA) is 105 Å². The summed E-state index contributed by atoms with van der Waals surface area (Å²) in [4.78, 5) is 49.1. The van der Waals surface area contributed by atoms with Crippen LogP contribution in [0.3, 0.4) is 0 Å². The van der Waals surface area contributed by atoms with Crippen LogP contribution in [0, 0.1) is 23.7 Å². The van der Waals surface area contributed by atoms with Gasteiger partial charge in [-0.1, -0.05) is 13.2 Å². The first-order valence-corrected chi connectivity index (χ1v) is 8.37. The fourth-order valence-corrected chi connectivity index (χ4v) is 3.08. The van der Waals surface area contributed by atoms with E-state index in [0.717, 1.165) is 12.5 Å². The summed E-state index contributed by atoms with van der Waals surface area (Å²) in [5.74, 6) is -6.55. The van der Waals surface area contributed by atoms with E-state index >= 15 is 0 Å². The van der Waals surface area contributed by atoms with Gasteiger partial charge in [0, 0.05) is 2.85 Å². The van der Waals surface area contributed by atoms with Crippen LogP contribution in [0.1, 0.15) is 29.5 Å². The van der Waals surface area contributed by atoms with Crippen LogP contribution < -0.4 is 0 Å². The largest absolute Gasteiger partial charge is 0.466 e. The molecule has 0 bridgehead atoms. The SMILES string of the molecule is C=COC(=O)C1CC(C(=O)OCC)C(C(=O)OCC)CC1C(=O)OC=C.[HH].[HH]. The zero-order valence-electron chi connectivity index (χ0n) is 15.0. The van der Waals surface area contributed by atoms with Crippen LogP contribution in [0.5, 0.6) is 0 Å². The van der Waals surface area contributed by atoms with Crippen LogP contribution in [0.4, 0.5) is 0 Å². The monoisotopic (exact) mass is 372 g/mol. The molecule has 0 aliphatic heterocycles. The maximum absolute atomic E-state index is 12.3. The van der Waals surface area contributed by atoms with Crippen molar-refractivity contribution in [1.82, 2.24) is 0 Å². The Bertz CT molecular complexity index is 528. The van der Waals surface area contributed by atoms with Crippen LogP contribution in [-0.2, 0) is 38.1 Å². The van der Waals surface area contributed by atoms with E-state index in [1.54, 1.807) is 13.8 Å². The predicted octanol–water partition coefficient (Wildman–Crippen LogP) is 2.24. The fraction of sp³-hybridized carbons (Fsp3) is 0.556. The van der Waals surface area contributed by atoms with Crippen LogP contribution in [0.2, 0.25) is 0 Å². The van der Waals surface area contributed by atoms with Gasteiger partial charge in [0.15, 0.2) is 0 Å². The molecular weight excluding hydrogens is 344 g/mol. The Morgan fingerprint density at radius 2 is 1.08 bits per heavy atom. The van der Waals surface area contributed by atoms with E-state index < -0.39 is 47.5 Å². The summed E-state index contributed by atoms with van der Waals surface area (Å²) < 4.78 is 19.6. The third kappa shape index (κ3) is 5.18. The van der Waals surface area contributed by atoms with Crippen molar-refractivity contribution in [3.8, 4) is 0 Å². The molecule has 0 aromatic rings. The van der Waals surface area contributed by atoms with Gasteiger partial charge >= 0.3 is 23.9 Å². The number of carbonyl (C=O) groups excluding carboxylic acids is 4. The van der Waals surface area contributed by atoms with E-state index in [2.05, 4.69) is 13.2 Å². The van der Waals surface area contributed by atoms with Crippen LogP contribution in [0.25, 0.3) is 0 Å². The van der Waals surface area contributed by atoms with Crippen molar-refractivity contribution in [3.63, 3.8) is 0 Å². The molecule has 0 aromatic carbocycles. The second kappa shape index (κ2) is 10.4. The highest BCUT2D eigenvalue weighted by atomic mass is 16.5. The van der Waals surface area contributed by atoms with Gasteiger partial charge in [0.1, 0.15) is 0 Å². The molecular formula is C18H28O8. The maximum atomic E-state index is 12.3. The Balaban J connectivity index is 0. The minimum atomic E-state index is -0.986. The average molecular weight is 372 g/mol. The van der Waals surface area contributed by atoms with Crippen LogP contribution in [-0.4, -0.2) is 37.1 Å². The Labute approximate surface area is 155 Å². The smallest absolute Gasteiger partial charge is 0.314 e. The molecule has 0 N–H and O–H groups in total. The molecule has 1 saturated carbocycles. The Hall–Kier alpha value is -2.64. The lowest BCUT2D eigenvalue weighted by Crippen LogP contribution is -2.46. The van der Waals surface area contributed by atoms with Crippen molar-refractivity contribution in [2.45, 2.75) is 26.7 Å². The molecule has 0 radical (unpaired) electrons. The summed E-state index contributed by atoms with van der Waals surface area (Å²) in [7, 11) is 0. The molecule has 0 saturated heterocycles. The van der Waals surface area contributed by atoms with Gasteiger partial charge < -0.3 is 18.9 Å². The van der Waals surface area contributed by atoms with E-state index in [0.29, 0.717) is 0 Å². The zero-order chi connectivity index (χ0) is 19.7. The minimum Gasteiger partial charge on any atom is -0.466 e. The number of hydrogen-bond acceptors (Lipinski definition) is 8. The van der Waals surface area contributed by atoms with Gasteiger partial charge in [0.05, 0.1) is 49.4 Å². The first kappa shape index (κ1) is 21.4. The van der Waals surface area contributed by atoms with Gasteiger partial charge in [-0.2, -0.15) is 0 Å². The van der Waals surface area contributed by atoms with Gasteiger partial charge in [-0.15, -0.1) is 0 Å². The summed E-state index contributed by atoms with van der Waals surface area (Å²) in [6.07, 6.45) is 1.67. The molecule has 26 heavy (non-hydrogen) atoms.